The predicted octanol–water partition coefficient (Wildman–Crippen LogP) is 2.37. The molecule has 1 saturated heterocycles. The molecule has 150 valence electrons. The quantitative estimate of drug-likeness (QED) is 0.768. The maximum Gasteiger partial charge on any atom is 0.169 e. The van der Waals surface area contributed by atoms with Gasteiger partial charge < -0.3 is 14.4 Å². The van der Waals surface area contributed by atoms with Crippen molar-refractivity contribution in [3.05, 3.63) is 65.0 Å². The van der Waals surface area contributed by atoms with E-state index in [9.17, 15) is 10.1 Å². The van der Waals surface area contributed by atoms with Crippen LogP contribution in [0.2, 0.25) is 0 Å². The highest BCUT2D eigenvalue weighted by Crippen LogP contribution is 2.40. The van der Waals surface area contributed by atoms with E-state index in [0.29, 0.717) is 18.7 Å². The molecule has 0 spiro atoms. The third-order valence-corrected chi connectivity index (χ3v) is 5.53. The number of allylic oxidation sites excluding steroid dienone is 4. The molecule has 4 rings (SSSR count). The molecular formula is C23H25N3O3. The smallest absolute Gasteiger partial charge is 0.169 e. The Morgan fingerprint density at radius 1 is 1.24 bits per heavy atom. The summed E-state index contributed by atoms with van der Waals surface area (Å²) in [6.07, 6.45) is 3.51. The van der Waals surface area contributed by atoms with Crippen LogP contribution in [0, 0.1) is 11.3 Å². The van der Waals surface area contributed by atoms with Crippen LogP contribution in [0.3, 0.4) is 0 Å². The zero-order chi connectivity index (χ0) is 20.2. The lowest BCUT2D eigenvalue weighted by atomic mass is 9.81. The van der Waals surface area contributed by atoms with Crippen molar-refractivity contribution in [2.75, 3.05) is 46.5 Å². The van der Waals surface area contributed by atoms with Crippen molar-refractivity contribution < 1.29 is 14.3 Å². The summed E-state index contributed by atoms with van der Waals surface area (Å²) in [6, 6.07) is 12.2. The summed E-state index contributed by atoms with van der Waals surface area (Å²) in [4.78, 5) is 16.8. The highest BCUT2D eigenvalue weighted by atomic mass is 16.5. The molecule has 6 heteroatoms. The Morgan fingerprint density at radius 2 is 2.00 bits per heavy atom. The molecule has 1 atom stereocenters. The molecule has 6 nitrogen and oxygen atoms in total. The van der Waals surface area contributed by atoms with Gasteiger partial charge in [-0.1, -0.05) is 30.3 Å². The molecule has 1 aliphatic carbocycles. The van der Waals surface area contributed by atoms with Crippen molar-refractivity contribution in [2.24, 2.45) is 0 Å². The molecule has 0 radical (unpaired) electrons. The summed E-state index contributed by atoms with van der Waals surface area (Å²) in [6.45, 7) is 4.57. The van der Waals surface area contributed by atoms with Crippen molar-refractivity contribution in [1.29, 1.82) is 5.26 Å². The highest BCUT2D eigenvalue weighted by molar-refractivity contribution is 5.98. The van der Waals surface area contributed by atoms with E-state index >= 15 is 0 Å². The number of carbonyl (C=O) groups is 1. The van der Waals surface area contributed by atoms with Gasteiger partial charge in [-0.3, -0.25) is 9.69 Å². The number of fused-ring (bicyclic) bond motifs is 1. The molecule has 0 N–H and O–H groups in total. The van der Waals surface area contributed by atoms with Crippen LogP contribution in [0.15, 0.2) is 59.5 Å². The number of carbonyl (C=O) groups excluding carboxylic acids is 1. The number of Topliss-reactive ketones (excluding diaryl/α,β-unsaturated/α-hetero) is 1. The van der Waals surface area contributed by atoms with Crippen LogP contribution in [-0.2, 0) is 14.3 Å². The zero-order valence-corrected chi connectivity index (χ0v) is 16.6. The van der Waals surface area contributed by atoms with Crippen LogP contribution in [0.1, 0.15) is 12.0 Å². The van der Waals surface area contributed by atoms with Crippen molar-refractivity contribution in [2.45, 2.75) is 12.5 Å². The lowest BCUT2D eigenvalue weighted by molar-refractivity contribution is -0.127. The van der Waals surface area contributed by atoms with Gasteiger partial charge in [0.15, 0.2) is 5.78 Å². The summed E-state index contributed by atoms with van der Waals surface area (Å²) in [5.74, 6) is 0.0585. The minimum Gasteiger partial charge on any atom is -0.379 e. The average Bonchev–Trinajstić information content (AvgIpc) is 2.75. The van der Waals surface area contributed by atoms with Crippen molar-refractivity contribution in [3.63, 3.8) is 0 Å². The summed E-state index contributed by atoms with van der Waals surface area (Å²) >= 11 is 0. The first-order valence-electron chi connectivity index (χ1n) is 9.97. The highest BCUT2D eigenvalue weighted by Gasteiger charge is 2.33. The second-order valence-corrected chi connectivity index (χ2v) is 7.44. The van der Waals surface area contributed by atoms with Crippen molar-refractivity contribution >= 4 is 11.4 Å². The van der Waals surface area contributed by atoms with Crippen LogP contribution in [-0.4, -0.2) is 68.2 Å². The monoisotopic (exact) mass is 391 g/mol. The van der Waals surface area contributed by atoms with Crippen molar-refractivity contribution in [3.8, 4) is 6.07 Å². The number of nitriles is 1. The minimum absolute atomic E-state index is 0.0585. The molecule has 0 amide bonds. The lowest BCUT2D eigenvalue weighted by Crippen LogP contribution is -2.39. The fourth-order valence-corrected chi connectivity index (χ4v) is 4.00. The van der Waals surface area contributed by atoms with Crippen LogP contribution in [0.25, 0.3) is 5.57 Å². The molecular weight excluding hydrogens is 366 g/mol. The Labute approximate surface area is 171 Å². The van der Waals surface area contributed by atoms with Gasteiger partial charge in [0.25, 0.3) is 0 Å². The third kappa shape index (κ3) is 4.18. The van der Waals surface area contributed by atoms with Gasteiger partial charge in [-0.15, -0.1) is 0 Å². The normalized spacial score (nSPS) is 22.7. The van der Waals surface area contributed by atoms with E-state index in [-0.39, 0.29) is 5.78 Å². The zero-order valence-electron chi connectivity index (χ0n) is 16.6. The Bertz CT molecular complexity index is 905. The van der Waals surface area contributed by atoms with Crippen LogP contribution >= 0.6 is 0 Å². The number of morpholine rings is 1. The molecule has 29 heavy (non-hydrogen) atoms. The summed E-state index contributed by atoms with van der Waals surface area (Å²) in [5.41, 5.74) is 4.27. The second kappa shape index (κ2) is 8.75. The maximum absolute atomic E-state index is 12.7. The van der Waals surface area contributed by atoms with E-state index in [1.54, 1.807) is 0 Å². The fraction of sp³-hybridized carbons (Fsp3) is 0.391. The van der Waals surface area contributed by atoms with Crippen LogP contribution in [0.4, 0.5) is 0 Å². The van der Waals surface area contributed by atoms with E-state index in [1.165, 1.54) is 0 Å². The molecule has 1 unspecified atom stereocenters. The van der Waals surface area contributed by atoms with Gasteiger partial charge in [-0.25, -0.2) is 0 Å². The summed E-state index contributed by atoms with van der Waals surface area (Å²) in [5, 5.41) is 9.77. The lowest BCUT2D eigenvalue weighted by Gasteiger charge is -2.32. The molecule has 1 fully saturated rings. The summed E-state index contributed by atoms with van der Waals surface area (Å²) in [7, 11) is 1.85. The summed E-state index contributed by atoms with van der Waals surface area (Å²) < 4.78 is 11.3. The van der Waals surface area contributed by atoms with Crippen LogP contribution < -0.4 is 0 Å². The van der Waals surface area contributed by atoms with Gasteiger partial charge in [-0.05, 0) is 22.8 Å². The molecule has 2 aliphatic heterocycles. The van der Waals surface area contributed by atoms with Crippen LogP contribution in [0.5, 0.6) is 0 Å². The van der Waals surface area contributed by atoms with E-state index in [4.69, 9.17) is 9.47 Å². The van der Waals surface area contributed by atoms with Gasteiger partial charge in [0.05, 0.1) is 19.8 Å². The van der Waals surface area contributed by atoms with Gasteiger partial charge >= 0.3 is 0 Å². The van der Waals surface area contributed by atoms with Crippen molar-refractivity contribution in [1.82, 2.24) is 9.80 Å². The Hall–Kier alpha value is -2.72. The number of hydrogen-bond acceptors (Lipinski definition) is 6. The van der Waals surface area contributed by atoms with E-state index in [0.717, 1.165) is 55.1 Å². The number of hydrogen-bond donors (Lipinski definition) is 0. The maximum atomic E-state index is 12.7. The van der Waals surface area contributed by atoms with E-state index < -0.39 is 6.10 Å². The molecule has 1 aromatic carbocycles. The minimum atomic E-state index is -0.578. The van der Waals surface area contributed by atoms with E-state index in [1.807, 2.05) is 54.6 Å². The van der Waals surface area contributed by atoms with Gasteiger partial charge in [0.1, 0.15) is 17.9 Å². The number of rotatable bonds is 5. The standard InChI is InChI=1S/C23H25N3O3/c1-25-16-18-13-21(27)22(29-12-9-26-7-10-28-11-8-26)14-19(18)23(20(25)15-24)17-5-3-2-4-6-17/h2-6,14,16,22H,7-13H2,1H3. The molecule has 0 aromatic heterocycles. The van der Waals surface area contributed by atoms with E-state index in [2.05, 4.69) is 11.0 Å². The number of nitrogens with zero attached hydrogens (tertiary/aromatic N) is 3. The topological polar surface area (TPSA) is 65.8 Å². The first-order valence-corrected chi connectivity index (χ1v) is 9.97. The SMILES string of the molecule is CN1C=C2CC(=O)C(OCCN3CCOCC3)C=C2C(c2ccccc2)=C1C#N. The van der Waals surface area contributed by atoms with Gasteiger partial charge in [-0.2, -0.15) is 5.26 Å². The molecule has 0 bridgehead atoms. The molecule has 0 saturated carbocycles. The largest absolute Gasteiger partial charge is 0.379 e. The third-order valence-electron chi connectivity index (χ3n) is 5.53. The number of benzene rings is 1. The average molecular weight is 391 g/mol. The predicted molar refractivity (Wildman–Crippen MR) is 110 cm³/mol. The Kier molecular flexibility index (Phi) is 5.91. The number of ether oxygens (including phenoxy) is 2. The van der Waals surface area contributed by atoms with Gasteiger partial charge in [0, 0.05) is 44.9 Å². The Balaban J connectivity index is 1.58. The second-order valence-electron chi connectivity index (χ2n) is 7.44. The first-order chi connectivity index (χ1) is 14.2. The molecule has 1 aromatic rings. The fourth-order valence-electron chi connectivity index (χ4n) is 4.00. The number of ketones is 1. The van der Waals surface area contributed by atoms with Gasteiger partial charge in [0.2, 0.25) is 0 Å². The Morgan fingerprint density at radius 3 is 2.72 bits per heavy atom. The molecule has 2 heterocycles. The molecule has 3 aliphatic rings. The first kappa shape index (κ1) is 19.6.